The van der Waals surface area contributed by atoms with Gasteiger partial charge in [0, 0.05) is 42.0 Å². The Bertz CT molecular complexity index is 1890. The van der Waals surface area contributed by atoms with Crippen LogP contribution >= 0.6 is 34.5 Å². The summed E-state index contributed by atoms with van der Waals surface area (Å²) in [6.45, 7) is 1.36. The molecule has 3 heterocycles. The van der Waals surface area contributed by atoms with E-state index in [0.29, 0.717) is 31.7 Å². The van der Waals surface area contributed by atoms with Crippen LogP contribution in [0.2, 0.25) is 10.0 Å². The van der Waals surface area contributed by atoms with E-state index in [1.54, 1.807) is 12.1 Å². The first kappa shape index (κ1) is 32.8. The van der Waals surface area contributed by atoms with E-state index in [9.17, 15) is 26.4 Å². The molecule has 2 aromatic heterocycles. The molecule has 4 aromatic rings. The predicted molar refractivity (Wildman–Crippen MR) is 171 cm³/mol. The zero-order chi connectivity index (χ0) is 32.4. The van der Waals surface area contributed by atoms with Gasteiger partial charge < -0.3 is 10.2 Å². The Balaban J connectivity index is 1.47. The molecule has 1 aliphatic heterocycles. The number of aromatic nitrogens is 2. The number of thiophene rings is 1. The molecule has 0 spiro atoms. The number of nitrogens with one attached hydrogen (secondary N) is 2. The Kier molecular flexibility index (Phi) is 9.81. The van der Waals surface area contributed by atoms with Crippen molar-refractivity contribution in [2.75, 3.05) is 29.6 Å². The molecule has 0 radical (unpaired) electrons. The summed E-state index contributed by atoms with van der Waals surface area (Å²) in [4.78, 5) is 16.5. The van der Waals surface area contributed by atoms with Gasteiger partial charge in [0.1, 0.15) is 5.00 Å². The molecule has 0 atom stereocenters. The molecule has 8 nitrogen and oxygen atoms in total. The highest BCUT2D eigenvalue weighted by Gasteiger charge is 2.30. The summed E-state index contributed by atoms with van der Waals surface area (Å²) >= 11 is 13.6. The summed E-state index contributed by atoms with van der Waals surface area (Å²) < 4.78 is 66.3. The Morgan fingerprint density at radius 2 is 1.73 bits per heavy atom. The second-order valence-electron chi connectivity index (χ2n) is 10.3. The Morgan fingerprint density at radius 1 is 1.02 bits per heavy atom. The van der Waals surface area contributed by atoms with Crippen LogP contribution in [0, 0.1) is 11.8 Å². The number of carbonyl (C=O) groups excluding carboxylic acids is 1. The van der Waals surface area contributed by atoms with Gasteiger partial charge in [0.25, 0.3) is 5.91 Å². The number of hydrogen-bond donors (Lipinski definition) is 2. The zero-order valence-corrected chi connectivity index (χ0v) is 26.9. The molecule has 2 aromatic carbocycles. The number of carbonyl (C=O) groups is 1. The van der Waals surface area contributed by atoms with Gasteiger partial charge in [-0.3, -0.25) is 4.79 Å². The summed E-state index contributed by atoms with van der Waals surface area (Å²) in [5.41, 5.74) is 1.15. The molecular weight excluding hydrogens is 670 g/mol. The van der Waals surface area contributed by atoms with Crippen LogP contribution in [0.3, 0.4) is 0 Å². The highest BCUT2D eigenvalue weighted by molar-refractivity contribution is 7.88. The van der Waals surface area contributed by atoms with Crippen molar-refractivity contribution < 1.29 is 26.4 Å². The lowest BCUT2D eigenvalue weighted by Crippen LogP contribution is -2.30. The largest absolute Gasteiger partial charge is 0.416 e. The fraction of sp³-hybridized carbons (Fsp3) is 0.267. The van der Waals surface area contributed by atoms with Gasteiger partial charge in [-0.2, -0.15) is 18.3 Å². The molecule has 1 amide bonds. The number of rotatable bonds is 7. The molecule has 45 heavy (non-hydrogen) atoms. The smallest absolute Gasteiger partial charge is 0.369 e. The van der Waals surface area contributed by atoms with Crippen LogP contribution in [-0.4, -0.2) is 43.5 Å². The minimum atomic E-state index is -4.44. The fourth-order valence-corrected chi connectivity index (χ4v) is 6.51. The molecule has 236 valence electrons. The highest BCUT2D eigenvalue weighted by Crippen LogP contribution is 2.37. The number of hydrogen-bond acceptors (Lipinski definition) is 6. The van der Waals surface area contributed by atoms with Crippen molar-refractivity contribution in [1.82, 2.24) is 14.5 Å². The van der Waals surface area contributed by atoms with E-state index in [1.165, 1.54) is 40.4 Å². The minimum absolute atomic E-state index is 0.0208. The maximum absolute atomic E-state index is 13.7. The van der Waals surface area contributed by atoms with Crippen LogP contribution in [0.15, 0.2) is 54.7 Å². The SMILES string of the molecule is CS(=O)(=O)NCc1cn(-c2ccc(Cl)cc2Cl)nc1C(=O)Nc1sc(C#Cc2ccc(C(F)(F)F)cc2)cc1N1CCCCC1. The number of anilines is 2. The first-order valence-corrected chi connectivity index (χ1v) is 17.1. The molecule has 15 heteroatoms. The van der Waals surface area contributed by atoms with Crippen LogP contribution in [0.4, 0.5) is 23.9 Å². The standard InChI is InChI=1S/C30H26Cl2F3N5O3S2/c1-45(42,43)36-17-20-18-40(25-12-10-22(31)15-24(25)32)38-27(20)28(41)37-29-26(39-13-3-2-4-14-39)16-23(44-29)11-7-19-5-8-21(9-6-19)30(33,34)35/h5-6,8-10,12,15-16,18,36H,2-4,13-14,17H2,1H3,(H,37,41). The third kappa shape index (κ3) is 8.39. The van der Waals surface area contributed by atoms with Crippen molar-refractivity contribution in [3.63, 3.8) is 0 Å². The number of sulfonamides is 1. The molecule has 0 bridgehead atoms. The van der Waals surface area contributed by atoms with Crippen LogP contribution in [0.25, 0.3) is 5.69 Å². The number of benzene rings is 2. The van der Waals surface area contributed by atoms with E-state index in [1.807, 2.05) is 6.07 Å². The third-order valence-electron chi connectivity index (χ3n) is 6.87. The van der Waals surface area contributed by atoms with Crippen molar-refractivity contribution in [2.24, 2.45) is 0 Å². The van der Waals surface area contributed by atoms with Crippen molar-refractivity contribution in [3.8, 4) is 17.5 Å². The number of piperidine rings is 1. The molecule has 0 saturated carbocycles. The minimum Gasteiger partial charge on any atom is -0.369 e. The molecule has 1 aliphatic rings. The lowest BCUT2D eigenvalue weighted by atomic mass is 10.1. The normalized spacial score (nSPS) is 13.8. The third-order valence-corrected chi connectivity index (χ3v) is 9.03. The Hall–Kier alpha value is -3.54. The lowest BCUT2D eigenvalue weighted by Gasteiger charge is -2.28. The molecule has 0 aliphatic carbocycles. The first-order valence-electron chi connectivity index (χ1n) is 13.6. The van der Waals surface area contributed by atoms with Gasteiger partial charge >= 0.3 is 6.18 Å². The van der Waals surface area contributed by atoms with Gasteiger partial charge in [-0.25, -0.2) is 17.8 Å². The predicted octanol–water partition coefficient (Wildman–Crippen LogP) is 6.95. The number of nitrogens with zero attached hydrogens (tertiary/aromatic N) is 3. The average molecular weight is 697 g/mol. The molecule has 5 rings (SSSR count). The van der Waals surface area contributed by atoms with Crippen molar-refractivity contribution in [2.45, 2.75) is 32.0 Å². The number of alkyl halides is 3. The number of amides is 1. The second kappa shape index (κ2) is 13.4. The van der Waals surface area contributed by atoms with Gasteiger partial charge in [0.05, 0.1) is 33.1 Å². The summed E-state index contributed by atoms with van der Waals surface area (Å²) in [6, 6.07) is 11.2. The van der Waals surface area contributed by atoms with E-state index in [0.717, 1.165) is 56.4 Å². The maximum atomic E-state index is 13.7. The van der Waals surface area contributed by atoms with E-state index >= 15 is 0 Å². The Labute approximate surface area is 272 Å². The summed E-state index contributed by atoms with van der Waals surface area (Å²) in [6.07, 6.45) is 1.13. The van der Waals surface area contributed by atoms with E-state index in [2.05, 4.69) is 31.9 Å². The average Bonchev–Trinajstić information content (AvgIpc) is 3.59. The molecule has 2 N–H and O–H groups in total. The summed E-state index contributed by atoms with van der Waals surface area (Å²) in [5, 5.41) is 8.58. The fourth-order valence-electron chi connectivity index (χ4n) is 4.67. The Morgan fingerprint density at radius 3 is 2.38 bits per heavy atom. The second-order valence-corrected chi connectivity index (χ2v) is 14.0. The van der Waals surface area contributed by atoms with E-state index in [4.69, 9.17) is 23.2 Å². The van der Waals surface area contributed by atoms with Gasteiger partial charge in [0.15, 0.2) is 5.69 Å². The van der Waals surface area contributed by atoms with E-state index < -0.39 is 27.7 Å². The summed E-state index contributed by atoms with van der Waals surface area (Å²) in [5.74, 6) is 5.32. The molecule has 0 unspecified atom stereocenters. The summed E-state index contributed by atoms with van der Waals surface area (Å²) in [7, 11) is -3.59. The highest BCUT2D eigenvalue weighted by atomic mass is 35.5. The van der Waals surface area contributed by atoms with Gasteiger partial charge in [-0.15, -0.1) is 11.3 Å². The van der Waals surface area contributed by atoms with Crippen molar-refractivity contribution in [3.05, 3.63) is 92.0 Å². The van der Waals surface area contributed by atoms with Crippen LogP contribution in [0.1, 0.15) is 51.3 Å². The molecule has 1 saturated heterocycles. The van der Waals surface area contributed by atoms with Gasteiger partial charge in [-0.05, 0) is 67.8 Å². The monoisotopic (exact) mass is 695 g/mol. The van der Waals surface area contributed by atoms with Crippen LogP contribution < -0.4 is 14.9 Å². The van der Waals surface area contributed by atoms with Crippen molar-refractivity contribution in [1.29, 1.82) is 0 Å². The quantitative estimate of drug-likeness (QED) is 0.204. The van der Waals surface area contributed by atoms with Crippen molar-refractivity contribution >= 4 is 61.2 Å². The zero-order valence-electron chi connectivity index (χ0n) is 23.7. The number of halogens is 5. The van der Waals surface area contributed by atoms with Gasteiger partial charge in [-0.1, -0.05) is 35.0 Å². The first-order chi connectivity index (χ1) is 21.3. The molecular formula is C30H26Cl2F3N5O3S2. The van der Waals surface area contributed by atoms with Crippen LogP contribution in [0.5, 0.6) is 0 Å². The maximum Gasteiger partial charge on any atom is 0.416 e. The topological polar surface area (TPSA) is 96.3 Å². The van der Waals surface area contributed by atoms with Crippen LogP contribution in [-0.2, 0) is 22.7 Å². The van der Waals surface area contributed by atoms with Gasteiger partial charge in [0.2, 0.25) is 10.0 Å². The van der Waals surface area contributed by atoms with E-state index in [-0.39, 0.29) is 17.3 Å². The lowest BCUT2D eigenvalue weighted by molar-refractivity contribution is -0.137. The molecule has 1 fully saturated rings.